The fourth-order valence-corrected chi connectivity index (χ4v) is 2.30. The highest BCUT2D eigenvalue weighted by Gasteiger charge is 2.16. The third-order valence-electron chi connectivity index (χ3n) is 3.21. The van der Waals surface area contributed by atoms with Crippen LogP contribution in [-0.4, -0.2) is 30.6 Å². The van der Waals surface area contributed by atoms with E-state index in [9.17, 15) is 0 Å². The van der Waals surface area contributed by atoms with Crippen LogP contribution in [0.4, 0.5) is 0 Å². The van der Waals surface area contributed by atoms with Gasteiger partial charge in [0.25, 0.3) is 0 Å². The monoisotopic (exact) mass is 217 g/mol. The summed E-state index contributed by atoms with van der Waals surface area (Å²) in [5.74, 6) is 0. The van der Waals surface area contributed by atoms with Crippen molar-refractivity contribution in [3.05, 3.63) is 42.8 Å². The molecule has 16 heavy (non-hydrogen) atoms. The van der Waals surface area contributed by atoms with Gasteiger partial charge in [0.15, 0.2) is 0 Å². The lowest BCUT2D eigenvalue weighted by molar-refractivity contribution is 0.264. The van der Waals surface area contributed by atoms with Crippen molar-refractivity contribution in [1.29, 1.82) is 0 Å². The molecule has 1 radical (unpaired) electrons. The van der Waals surface area contributed by atoms with Crippen molar-refractivity contribution >= 4 is 0 Å². The van der Waals surface area contributed by atoms with Gasteiger partial charge in [0.05, 0.1) is 0 Å². The molecule has 87 valence electrons. The van der Waals surface area contributed by atoms with E-state index in [-0.39, 0.29) is 0 Å². The molecule has 0 saturated carbocycles. The Balaban J connectivity index is 1.85. The van der Waals surface area contributed by atoms with E-state index < -0.39 is 0 Å². The van der Waals surface area contributed by atoms with Crippen LogP contribution < -0.4 is 5.32 Å². The van der Waals surface area contributed by atoms with Crippen molar-refractivity contribution in [2.75, 3.05) is 19.6 Å². The number of nitrogens with one attached hydrogen (secondary N) is 1. The number of hydrogen-bond donors (Lipinski definition) is 1. The summed E-state index contributed by atoms with van der Waals surface area (Å²) in [7, 11) is 0. The molecule has 1 atom stereocenters. The van der Waals surface area contributed by atoms with Gasteiger partial charge in [-0.2, -0.15) is 0 Å². The van der Waals surface area contributed by atoms with Crippen LogP contribution in [0.25, 0.3) is 0 Å². The fourth-order valence-electron chi connectivity index (χ4n) is 2.30. The SMILES string of the molecule is [CH2]CN(Cc1ccccc1)C[C@@H]1CCCN1. The van der Waals surface area contributed by atoms with E-state index in [1.807, 2.05) is 0 Å². The second-order valence-corrected chi connectivity index (χ2v) is 4.51. The first-order valence-electron chi connectivity index (χ1n) is 6.17. The van der Waals surface area contributed by atoms with Gasteiger partial charge < -0.3 is 5.32 Å². The molecular formula is C14H21N2. The third kappa shape index (κ3) is 3.32. The molecular weight excluding hydrogens is 196 g/mol. The van der Waals surface area contributed by atoms with Crippen LogP contribution in [0.3, 0.4) is 0 Å². The van der Waals surface area contributed by atoms with E-state index in [2.05, 4.69) is 47.5 Å². The molecule has 1 aliphatic heterocycles. The molecule has 1 fully saturated rings. The molecule has 2 rings (SSSR count). The van der Waals surface area contributed by atoms with Gasteiger partial charge >= 0.3 is 0 Å². The van der Waals surface area contributed by atoms with Crippen LogP contribution in [0.2, 0.25) is 0 Å². The van der Waals surface area contributed by atoms with Crippen molar-refractivity contribution in [1.82, 2.24) is 10.2 Å². The molecule has 1 aromatic rings. The Morgan fingerprint density at radius 3 is 2.75 bits per heavy atom. The minimum atomic E-state index is 0.672. The maximum atomic E-state index is 4.02. The van der Waals surface area contributed by atoms with Crippen molar-refractivity contribution in [3.63, 3.8) is 0 Å². The first-order valence-corrected chi connectivity index (χ1v) is 6.17. The van der Waals surface area contributed by atoms with E-state index >= 15 is 0 Å². The summed E-state index contributed by atoms with van der Waals surface area (Å²) < 4.78 is 0. The minimum Gasteiger partial charge on any atom is -0.313 e. The van der Waals surface area contributed by atoms with E-state index in [4.69, 9.17) is 0 Å². The molecule has 1 aliphatic rings. The summed E-state index contributed by atoms with van der Waals surface area (Å²) in [6.45, 7) is 8.23. The van der Waals surface area contributed by atoms with Gasteiger partial charge in [-0.15, -0.1) is 0 Å². The molecule has 0 amide bonds. The molecule has 1 heterocycles. The van der Waals surface area contributed by atoms with Gasteiger partial charge in [0.1, 0.15) is 0 Å². The highest BCUT2D eigenvalue weighted by molar-refractivity contribution is 5.14. The topological polar surface area (TPSA) is 15.3 Å². The summed E-state index contributed by atoms with van der Waals surface area (Å²) in [4.78, 5) is 2.42. The van der Waals surface area contributed by atoms with Crippen LogP contribution in [0.15, 0.2) is 30.3 Å². The number of rotatable bonds is 5. The molecule has 0 aliphatic carbocycles. The predicted molar refractivity (Wildman–Crippen MR) is 68.1 cm³/mol. The highest BCUT2D eigenvalue weighted by atomic mass is 15.1. The Morgan fingerprint density at radius 1 is 1.31 bits per heavy atom. The molecule has 2 nitrogen and oxygen atoms in total. The first-order chi connectivity index (χ1) is 7.88. The Morgan fingerprint density at radius 2 is 2.12 bits per heavy atom. The minimum absolute atomic E-state index is 0.672. The number of benzene rings is 1. The maximum Gasteiger partial charge on any atom is 0.0234 e. The van der Waals surface area contributed by atoms with Crippen LogP contribution in [0, 0.1) is 6.92 Å². The van der Waals surface area contributed by atoms with Gasteiger partial charge in [-0.3, -0.25) is 4.90 Å². The Kier molecular flexibility index (Phi) is 4.37. The second kappa shape index (κ2) is 6.02. The summed E-state index contributed by atoms with van der Waals surface area (Å²) >= 11 is 0. The fraction of sp³-hybridized carbons (Fsp3) is 0.500. The lowest BCUT2D eigenvalue weighted by atomic mass is 10.2. The molecule has 0 aromatic heterocycles. The van der Waals surface area contributed by atoms with Gasteiger partial charge in [0, 0.05) is 19.1 Å². The van der Waals surface area contributed by atoms with Gasteiger partial charge in [-0.05, 0) is 38.4 Å². The summed E-state index contributed by atoms with van der Waals surface area (Å²) in [5, 5.41) is 3.54. The van der Waals surface area contributed by atoms with Crippen LogP contribution in [0.5, 0.6) is 0 Å². The summed E-state index contributed by atoms with van der Waals surface area (Å²) in [5.41, 5.74) is 1.38. The number of hydrogen-bond acceptors (Lipinski definition) is 2. The maximum absolute atomic E-state index is 4.02. The lowest BCUT2D eigenvalue weighted by Crippen LogP contribution is -2.37. The third-order valence-corrected chi connectivity index (χ3v) is 3.21. The molecule has 1 saturated heterocycles. The Bertz CT molecular complexity index is 291. The quantitative estimate of drug-likeness (QED) is 0.812. The molecule has 1 N–H and O–H groups in total. The van der Waals surface area contributed by atoms with Gasteiger partial charge in [0.2, 0.25) is 0 Å². The molecule has 0 unspecified atom stereocenters. The zero-order valence-electron chi connectivity index (χ0n) is 9.86. The van der Waals surface area contributed by atoms with E-state index in [1.165, 1.54) is 24.9 Å². The standard InChI is InChI=1S/C14H21N2/c1-2-16(12-14-9-6-10-15-14)11-13-7-4-3-5-8-13/h3-5,7-8,14-15H,1-2,6,9-12H2/t14-/m0/s1. The van der Waals surface area contributed by atoms with Crippen LogP contribution >= 0.6 is 0 Å². The van der Waals surface area contributed by atoms with E-state index in [1.54, 1.807) is 0 Å². The zero-order valence-corrected chi connectivity index (χ0v) is 9.86. The van der Waals surface area contributed by atoms with E-state index in [0.717, 1.165) is 19.6 Å². The van der Waals surface area contributed by atoms with Crippen molar-refractivity contribution in [3.8, 4) is 0 Å². The summed E-state index contributed by atoms with van der Waals surface area (Å²) in [6.07, 6.45) is 2.63. The normalized spacial score (nSPS) is 20.5. The Hall–Kier alpha value is -0.860. The van der Waals surface area contributed by atoms with Gasteiger partial charge in [-0.25, -0.2) is 0 Å². The van der Waals surface area contributed by atoms with Crippen LogP contribution in [-0.2, 0) is 6.54 Å². The van der Waals surface area contributed by atoms with Crippen LogP contribution in [0.1, 0.15) is 18.4 Å². The highest BCUT2D eigenvalue weighted by Crippen LogP contribution is 2.09. The van der Waals surface area contributed by atoms with Gasteiger partial charge in [-0.1, -0.05) is 30.3 Å². The van der Waals surface area contributed by atoms with Crippen molar-refractivity contribution in [2.24, 2.45) is 0 Å². The van der Waals surface area contributed by atoms with Crippen molar-refractivity contribution in [2.45, 2.75) is 25.4 Å². The smallest absolute Gasteiger partial charge is 0.0234 e. The molecule has 0 bridgehead atoms. The number of nitrogens with zero attached hydrogens (tertiary/aromatic N) is 1. The average Bonchev–Trinajstić information content (AvgIpc) is 2.82. The summed E-state index contributed by atoms with van der Waals surface area (Å²) in [6, 6.07) is 11.3. The zero-order chi connectivity index (χ0) is 11.2. The largest absolute Gasteiger partial charge is 0.313 e. The Labute approximate surface area is 98.7 Å². The van der Waals surface area contributed by atoms with E-state index in [0.29, 0.717) is 6.04 Å². The predicted octanol–water partition coefficient (Wildman–Crippen LogP) is 2.07. The molecule has 0 spiro atoms. The lowest BCUT2D eigenvalue weighted by Gasteiger charge is -2.24. The first kappa shape index (κ1) is 11.6. The van der Waals surface area contributed by atoms with Crippen molar-refractivity contribution < 1.29 is 0 Å². The average molecular weight is 217 g/mol. The molecule has 2 heteroatoms. The molecule has 1 aromatic carbocycles. The second-order valence-electron chi connectivity index (χ2n) is 4.51.